The summed E-state index contributed by atoms with van der Waals surface area (Å²) in [7, 11) is 0. The van der Waals surface area contributed by atoms with Crippen molar-refractivity contribution in [1.29, 1.82) is 0 Å². The molecule has 0 aromatic heterocycles. The van der Waals surface area contributed by atoms with Crippen LogP contribution in [0.2, 0.25) is 0 Å². The molecule has 88 valence electrons. The summed E-state index contributed by atoms with van der Waals surface area (Å²) in [5, 5.41) is 10.3. The van der Waals surface area contributed by atoms with E-state index in [9.17, 15) is 5.11 Å². The molecule has 0 saturated heterocycles. The monoisotopic (exact) mass is 338 g/mol. The summed E-state index contributed by atoms with van der Waals surface area (Å²) in [4.78, 5) is 0. The lowest BCUT2D eigenvalue weighted by atomic mass is 9.98. The second kappa shape index (κ2) is 5.19. The average Bonchev–Trinajstić information content (AvgIpc) is 2.33. The SMILES string of the molecule is Cc1ccc(C(O)c2ccc(I)cc2)cc1C. The zero-order chi connectivity index (χ0) is 12.4. The first kappa shape index (κ1) is 12.6. The standard InChI is InChI=1S/C15H15IO/c1-10-3-4-13(9-11(10)2)15(17)12-5-7-14(16)8-6-12/h3-9,15,17H,1-2H3. The Hall–Kier alpha value is -0.870. The van der Waals surface area contributed by atoms with Crippen molar-refractivity contribution in [2.24, 2.45) is 0 Å². The number of hydrogen-bond donors (Lipinski definition) is 1. The van der Waals surface area contributed by atoms with E-state index in [0.29, 0.717) is 0 Å². The van der Waals surface area contributed by atoms with E-state index in [-0.39, 0.29) is 0 Å². The molecule has 0 spiro atoms. The van der Waals surface area contributed by atoms with Crippen LogP contribution in [0.25, 0.3) is 0 Å². The number of rotatable bonds is 2. The van der Waals surface area contributed by atoms with E-state index >= 15 is 0 Å². The normalized spacial score (nSPS) is 12.5. The van der Waals surface area contributed by atoms with Crippen LogP contribution in [-0.2, 0) is 0 Å². The van der Waals surface area contributed by atoms with Crippen molar-refractivity contribution in [3.63, 3.8) is 0 Å². The van der Waals surface area contributed by atoms with Crippen LogP contribution in [0.5, 0.6) is 0 Å². The maximum Gasteiger partial charge on any atom is 0.104 e. The van der Waals surface area contributed by atoms with Crippen LogP contribution in [-0.4, -0.2) is 5.11 Å². The van der Waals surface area contributed by atoms with Crippen molar-refractivity contribution in [2.45, 2.75) is 20.0 Å². The quantitative estimate of drug-likeness (QED) is 0.821. The molecule has 2 aromatic rings. The second-order valence-electron chi connectivity index (χ2n) is 4.30. The fourth-order valence-corrected chi connectivity index (χ4v) is 2.13. The number of halogens is 1. The smallest absolute Gasteiger partial charge is 0.104 e. The summed E-state index contributed by atoms with van der Waals surface area (Å²) < 4.78 is 1.18. The van der Waals surface area contributed by atoms with Crippen LogP contribution in [0, 0.1) is 17.4 Å². The highest BCUT2D eigenvalue weighted by molar-refractivity contribution is 14.1. The second-order valence-corrected chi connectivity index (χ2v) is 5.54. The highest BCUT2D eigenvalue weighted by Crippen LogP contribution is 2.24. The van der Waals surface area contributed by atoms with Gasteiger partial charge in [-0.05, 0) is 70.8 Å². The third-order valence-corrected chi connectivity index (χ3v) is 3.75. The van der Waals surface area contributed by atoms with Crippen LogP contribution >= 0.6 is 22.6 Å². The van der Waals surface area contributed by atoms with E-state index in [1.165, 1.54) is 14.7 Å². The minimum Gasteiger partial charge on any atom is -0.384 e. The van der Waals surface area contributed by atoms with Gasteiger partial charge in [0.15, 0.2) is 0 Å². The van der Waals surface area contributed by atoms with Gasteiger partial charge in [-0.2, -0.15) is 0 Å². The molecule has 1 N–H and O–H groups in total. The van der Waals surface area contributed by atoms with Gasteiger partial charge in [-0.3, -0.25) is 0 Å². The number of aryl methyl sites for hydroxylation is 2. The van der Waals surface area contributed by atoms with Crippen molar-refractivity contribution in [3.05, 3.63) is 68.3 Å². The summed E-state index contributed by atoms with van der Waals surface area (Å²) in [6.45, 7) is 4.15. The maximum atomic E-state index is 10.3. The Morgan fingerprint density at radius 3 is 2.06 bits per heavy atom. The van der Waals surface area contributed by atoms with Crippen LogP contribution < -0.4 is 0 Å². The number of aliphatic hydroxyl groups excluding tert-OH is 1. The Balaban J connectivity index is 2.33. The predicted molar refractivity (Wildman–Crippen MR) is 79.1 cm³/mol. The van der Waals surface area contributed by atoms with E-state index in [4.69, 9.17) is 0 Å². The topological polar surface area (TPSA) is 20.2 Å². The minimum absolute atomic E-state index is 0.536. The summed E-state index contributed by atoms with van der Waals surface area (Å²) in [5.74, 6) is 0. The zero-order valence-electron chi connectivity index (χ0n) is 9.94. The third kappa shape index (κ3) is 2.87. The van der Waals surface area contributed by atoms with Gasteiger partial charge in [0.25, 0.3) is 0 Å². The largest absolute Gasteiger partial charge is 0.384 e. The van der Waals surface area contributed by atoms with Crippen LogP contribution in [0.3, 0.4) is 0 Å². The van der Waals surface area contributed by atoms with E-state index in [1.54, 1.807) is 0 Å². The molecule has 17 heavy (non-hydrogen) atoms. The van der Waals surface area contributed by atoms with E-state index in [2.05, 4.69) is 48.6 Å². The lowest BCUT2D eigenvalue weighted by Crippen LogP contribution is -2.00. The summed E-state index contributed by atoms with van der Waals surface area (Å²) >= 11 is 2.26. The highest BCUT2D eigenvalue weighted by Gasteiger charge is 2.10. The van der Waals surface area contributed by atoms with Gasteiger partial charge < -0.3 is 5.11 Å². The average molecular weight is 338 g/mol. The molecule has 1 nitrogen and oxygen atoms in total. The maximum absolute atomic E-state index is 10.3. The van der Waals surface area contributed by atoms with Gasteiger partial charge in [0.1, 0.15) is 6.10 Å². The Morgan fingerprint density at radius 1 is 0.882 bits per heavy atom. The predicted octanol–water partition coefficient (Wildman–Crippen LogP) is 3.99. The van der Waals surface area contributed by atoms with Gasteiger partial charge in [-0.1, -0.05) is 30.3 Å². The van der Waals surface area contributed by atoms with E-state index in [1.807, 2.05) is 30.3 Å². The molecule has 2 heteroatoms. The Labute approximate surface area is 116 Å². The molecule has 1 unspecified atom stereocenters. The Kier molecular flexibility index (Phi) is 3.84. The van der Waals surface area contributed by atoms with Gasteiger partial charge in [0, 0.05) is 3.57 Å². The molecule has 0 heterocycles. The van der Waals surface area contributed by atoms with Crippen molar-refractivity contribution in [2.75, 3.05) is 0 Å². The lowest BCUT2D eigenvalue weighted by Gasteiger charge is -2.13. The highest BCUT2D eigenvalue weighted by atomic mass is 127. The minimum atomic E-state index is -0.536. The molecule has 0 aliphatic carbocycles. The van der Waals surface area contributed by atoms with Gasteiger partial charge in [0.05, 0.1) is 0 Å². The molecule has 0 saturated carbocycles. The summed E-state index contributed by atoms with van der Waals surface area (Å²) in [6, 6.07) is 14.1. The van der Waals surface area contributed by atoms with Crippen LogP contribution in [0.15, 0.2) is 42.5 Å². The molecule has 1 atom stereocenters. The zero-order valence-corrected chi connectivity index (χ0v) is 12.1. The van der Waals surface area contributed by atoms with Crippen molar-refractivity contribution < 1.29 is 5.11 Å². The van der Waals surface area contributed by atoms with Gasteiger partial charge in [-0.15, -0.1) is 0 Å². The molecule has 0 bridgehead atoms. The first-order chi connectivity index (χ1) is 8.08. The number of aliphatic hydroxyl groups is 1. The van der Waals surface area contributed by atoms with E-state index in [0.717, 1.165) is 11.1 Å². The van der Waals surface area contributed by atoms with Crippen molar-refractivity contribution >= 4 is 22.6 Å². The van der Waals surface area contributed by atoms with Gasteiger partial charge in [-0.25, -0.2) is 0 Å². The fraction of sp³-hybridized carbons (Fsp3) is 0.200. The molecule has 2 aromatic carbocycles. The van der Waals surface area contributed by atoms with Crippen molar-refractivity contribution in [1.82, 2.24) is 0 Å². The lowest BCUT2D eigenvalue weighted by molar-refractivity contribution is 0.220. The summed E-state index contributed by atoms with van der Waals surface area (Å²) in [5.41, 5.74) is 4.36. The molecule has 0 aliphatic heterocycles. The Bertz CT molecular complexity index is 517. The van der Waals surface area contributed by atoms with Crippen LogP contribution in [0.4, 0.5) is 0 Å². The molecule has 0 aliphatic rings. The molecular weight excluding hydrogens is 323 g/mol. The number of hydrogen-bond acceptors (Lipinski definition) is 1. The fourth-order valence-electron chi connectivity index (χ4n) is 1.77. The molecule has 0 radical (unpaired) electrons. The van der Waals surface area contributed by atoms with E-state index < -0.39 is 6.10 Å². The first-order valence-corrected chi connectivity index (χ1v) is 6.66. The third-order valence-electron chi connectivity index (χ3n) is 3.03. The first-order valence-electron chi connectivity index (χ1n) is 5.58. The molecule has 0 amide bonds. The molecule has 0 fully saturated rings. The van der Waals surface area contributed by atoms with Gasteiger partial charge >= 0.3 is 0 Å². The van der Waals surface area contributed by atoms with Crippen molar-refractivity contribution in [3.8, 4) is 0 Å². The molecule has 2 rings (SSSR count). The van der Waals surface area contributed by atoms with Crippen LogP contribution in [0.1, 0.15) is 28.4 Å². The summed E-state index contributed by atoms with van der Waals surface area (Å²) in [6.07, 6.45) is -0.536. The molecular formula is C15H15IO. The Morgan fingerprint density at radius 2 is 1.47 bits per heavy atom. The number of benzene rings is 2. The van der Waals surface area contributed by atoms with Gasteiger partial charge in [0.2, 0.25) is 0 Å².